The van der Waals surface area contributed by atoms with Gasteiger partial charge in [0.25, 0.3) is 0 Å². The fourth-order valence-electron chi connectivity index (χ4n) is 2.37. The van der Waals surface area contributed by atoms with Gasteiger partial charge in [0.15, 0.2) is 5.96 Å². The van der Waals surface area contributed by atoms with Gasteiger partial charge in [0, 0.05) is 18.8 Å². The van der Waals surface area contributed by atoms with Gasteiger partial charge in [-0.1, -0.05) is 49.4 Å². The quantitative estimate of drug-likeness (QED) is 0.394. The summed E-state index contributed by atoms with van der Waals surface area (Å²) < 4.78 is 0. The molecule has 0 unspecified atom stereocenters. The van der Waals surface area contributed by atoms with Gasteiger partial charge < -0.3 is 16.0 Å². The predicted molar refractivity (Wildman–Crippen MR) is 114 cm³/mol. The minimum atomic E-state index is 0. The number of hydrogen-bond acceptors (Lipinski definition) is 2. The van der Waals surface area contributed by atoms with Crippen LogP contribution in [0.1, 0.15) is 18.1 Å². The molecule has 0 heterocycles. The van der Waals surface area contributed by atoms with E-state index in [0.29, 0.717) is 12.5 Å². The summed E-state index contributed by atoms with van der Waals surface area (Å²) in [6, 6.07) is 18.7. The van der Waals surface area contributed by atoms with Gasteiger partial charge in [0.2, 0.25) is 0 Å². The Balaban J connectivity index is 0.00000288. The van der Waals surface area contributed by atoms with Crippen LogP contribution in [0.2, 0.25) is 0 Å². The highest BCUT2D eigenvalue weighted by Crippen LogP contribution is 2.10. The molecular weight excluding hydrogens is 411 g/mol. The van der Waals surface area contributed by atoms with Gasteiger partial charge in [-0.3, -0.25) is 4.99 Å². The largest absolute Gasteiger partial charge is 0.370 e. The average Bonchev–Trinajstić information content (AvgIpc) is 2.56. The normalized spacial score (nSPS) is 11.2. The van der Waals surface area contributed by atoms with Crippen LogP contribution in [0.4, 0.5) is 5.69 Å². The molecule has 24 heavy (non-hydrogen) atoms. The molecule has 2 aromatic rings. The topological polar surface area (TPSA) is 53.6 Å². The number of anilines is 1. The lowest BCUT2D eigenvalue weighted by atomic mass is 10.1. The number of nitrogens with two attached hydrogens (primary N) is 1. The lowest BCUT2D eigenvalue weighted by molar-refractivity contribution is 0.336. The minimum Gasteiger partial charge on any atom is -0.370 e. The molecule has 0 saturated carbocycles. The molecule has 0 saturated heterocycles. The molecule has 130 valence electrons. The molecule has 0 amide bonds. The Kier molecular flexibility index (Phi) is 9.41. The van der Waals surface area contributed by atoms with E-state index in [-0.39, 0.29) is 24.0 Å². The lowest BCUT2D eigenvalue weighted by Crippen LogP contribution is -2.26. The van der Waals surface area contributed by atoms with Crippen LogP contribution in [-0.4, -0.2) is 31.0 Å². The first-order valence-electron chi connectivity index (χ1n) is 8.05. The van der Waals surface area contributed by atoms with Gasteiger partial charge in [-0.25, -0.2) is 0 Å². The summed E-state index contributed by atoms with van der Waals surface area (Å²) in [6.45, 7) is 4.60. The fraction of sp³-hybridized carbons (Fsp3) is 0.316. The van der Waals surface area contributed by atoms with Crippen LogP contribution in [0.5, 0.6) is 0 Å². The van der Waals surface area contributed by atoms with Gasteiger partial charge in [0.1, 0.15) is 0 Å². The van der Waals surface area contributed by atoms with Crippen molar-refractivity contribution in [1.82, 2.24) is 4.90 Å². The third-order valence-corrected chi connectivity index (χ3v) is 3.67. The Labute approximate surface area is 162 Å². The van der Waals surface area contributed by atoms with Gasteiger partial charge in [0.05, 0.1) is 6.54 Å². The molecule has 0 aliphatic rings. The summed E-state index contributed by atoms with van der Waals surface area (Å²) in [7, 11) is 2.09. The first-order chi connectivity index (χ1) is 11.2. The zero-order valence-electron chi connectivity index (χ0n) is 14.4. The number of halogens is 1. The third kappa shape index (κ3) is 7.31. The van der Waals surface area contributed by atoms with Crippen LogP contribution in [-0.2, 0) is 13.0 Å². The number of nitrogens with zero attached hydrogens (tertiary/aromatic N) is 2. The molecule has 2 rings (SSSR count). The summed E-state index contributed by atoms with van der Waals surface area (Å²) in [6.07, 6.45) is 1.01. The highest BCUT2D eigenvalue weighted by Gasteiger charge is 2.00. The monoisotopic (exact) mass is 438 g/mol. The van der Waals surface area contributed by atoms with Crippen molar-refractivity contribution in [3.05, 3.63) is 65.7 Å². The van der Waals surface area contributed by atoms with E-state index in [0.717, 1.165) is 25.2 Å². The second-order valence-electron chi connectivity index (χ2n) is 5.67. The Hall–Kier alpha value is -1.60. The van der Waals surface area contributed by atoms with Crippen molar-refractivity contribution < 1.29 is 0 Å². The predicted octanol–water partition coefficient (Wildman–Crippen LogP) is 3.73. The maximum atomic E-state index is 5.96. The second-order valence-corrected chi connectivity index (χ2v) is 5.67. The molecule has 0 bridgehead atoms. The van der Waals surface area contributed by atoms with Crippen LogP contribution in [0.25, 0.3) is 0 Å². The third-order valence-electron chi connectivity index (χ3n) is 3.67. The molecule has 5 heteroatoms. The Morgan fingerprint density at radius 1 is 1.08 bits per heavy atom. The van der Waals surface area contributed by atoms with Crippen molar-refractivity contribution in [3.8, 4) is 0 Å². The summed E-state index contributed by atoms with van der Waals surface area (Å²) in [5.74, 6) is 0.464. The van der Waals surface area contributed by atoms with Crippen LogP contribution < -0.4 is 11.1 Å². The highest BCUT2D eigenvalue weighted by atomic mass is 127. The van der Waals surface area contributed by atoms with Crippen molar-refractivity contribution in [1.29, 1.82) is 0 Å². The van der Waals surface area contributed by atoms with Crippen molar-refractivity contribution in [2.75, 3.05) is 25.5 Å². The average molecular weight is 438 g/mol. The zero-order chi connectivity index (χ0) is 16.5. The van der Waals surface area contributed by atoms with E-state index < -0.39 is 0 Å². The molecule has 0 atom stereocenters. The molecule has 0 spiro atoms. The van der Waals surface area contributed by atoms with Crippen LogP contribution in [0.15, 0.2) is 59.6 Å². The van der Waals surface area contributed by atoms with Crippen LogP contribution in [0.3, 0.4) is 0 Å². The number of likely N-dealkylation sites (N-methyl/N-ethyl adjacent to an activating group) is 1. The number of rotatable bonds is 7. The highest BCUT2D eigenvalue weighted by molar-refractivity contribution is 14.0. The van der Waals surface area contributed by atoms with Gasteiger partial charge >= 0.3 is 0 Å². The molecule has 0 aliphatic carbocycles. The Bertz CT molecular complexity index is 628. The van der Waals surface area contributed by atoms with E-state index in [1.165, 1.54) is 11.1 Å². The van der Waals surface area contributed by atoms with E-state index in [4.69, 9.17) is 5.73 Å². The summed E-state index contributed by atoms with van der Waals surface area (Å²) >= 11 is 0. The van der Waals surface area contributed by atoms with E-state index in [1.54, 1.807) is 0 Å². The van der Waals surface area contributed by atoms with Gasteiger partial charge in [-0.2, -0.15) is 0 Å². The van der Waals surface area contributed by atoms with E-state index in [9.17, 15) is 0 Å². The number of guanidine groups is 1. The maximum absolute atomic E-state index is 5.96. The number of aliphatic imine (C=N–C) groups is 1. The maximum Gasteiger partial charge on any atom is 0.193 e. The first-order valence-corrected chi connectivity index (χ1v) is 8.05. The molecule has 3 N–H and O–H groups in total. The minimum absolute atomic E-state index is 0. The van der Waals surface area contributed by atoms with E-state index in [1.807, 2.05) is 18.2 Å². The molecule has 0 aliphatic heterocycles. The molecule has 2 aromatic carbocycles. The summed E-state index contributed by atoms with van der Waals surface area (Å²) in [5.41, 5.74) is 9.54. The Morgan fingerprint density at radius 3 is 2.50 bits per heavy atom. The van der Waals surface area contributed by atoms with Crippen LogP contribution in [0, 0.1) is 0 Å². The van der Waals surface area contributed by atoms with Crippen molar-refractivity contribution in [3.63, 3.8) is 0 Å². The number of hydrogen-bond donors (Lipinski definition) is 2. The standard InChI is InChI=1S/C19H26N4.HI/c1-3-16-10-7-11-18(14-16)22-19(20)21-12-13-23(2)15-17-8-5-4-6-9-17;/h4-11,14H,3,12-13,15H2,1-2H3,(H3,20,21,22);1H. The summed E-state index contributed by atoms with van der Waals surface area (Å²) in [5, 5.41) is 3.15. The fourth-order valence-corrected chi connectivity index (χ4v) is 2.37. The second kappa shape index (κ2) is 11.0. The molecular formula is C19H27IN4. The first kappa shape index (κ1) is 20.4. The molecule has 0 fully saturated rings. The number of aryl methyl sites for hydroxylation is 1. The SMILES string of the molecule is CCc1cccc(NC(N)=NCCN(C)Cc2ccccc2)c1.I. The van der Waals surface area contributed by atoms with Crippen molar-refractivity contribution in [2.45, 2.75) is 19.9 Å². The van der Waals surface area contributed by atoms with Gasteiger partial charge in [-0.15, -0.1) is 24.0 Å². The zero-order valence-corrected chi connectivity index (χ0v) is 16.7. The van der Waals surface area contributed by atoms with Crippen molar-refractivity contribution in [2.24, 2.45) is 10.7 Å². The van der Waals surface area contributed by atoms with Crippen LogP contribution >= 0.6 is 24.0 Å². The molecule has 0 radical (unpaired) electrons. The smallest absolute Gasteiger partial charge is 0.193 e. The van der Waals surface area contributed by atoms with E-state index >= 15 is 0 Å². The Morgan fingerprint density at radius 2 is 1.79 bits per heavy atom. The van der Waals surface area contributed by atoms with Crippen molar-refractivity contribution >= 4 is 35.6 Å². The molecule has 0 aromatic heterocycles. The van der Waals surface area contributed by atoms with E-state index in [2.05, 4.69) is 65.6 Å². The summed E-state index contributed by atoms with van der Waals surface area (Å²) in [4.78, 5) is 6.64. The number of nitrogens with one attached hydrogen (secondary N) is 1. The lowest BCUT2D eigenvalue weighted by Gasteiger charge is -2.15. The van der Waals surface area contributed by atoms with Gasteiger partial charge in [-0.05, 0) is 36.7 Å². The molecule has 4 nitrogen and oxygen atoms in total. The number of benzene rings is 2.